The average molecular weight is 353 g/mol. The highest BCUT2D eigenvalue weighted by atomic mass is 35.5. The zero-order chi connectivity index (χ0) is 16.4. The standard InChI is InChI=1S/C15H22F2N2O3.ClH/c1-2-8-21-12-6-5-11(13(9-12)22-15(16)17)10-19-14(20)4-3-7-18;/h5-6,9,15H,2-4,7-8,10,18H2,1H3,(H,19,20);1H. The summed E-state index contributed by atoms with van der Waals surface area (Å²) >= 11 is 0. The lowest BCUT2D eigenvalue weighted by molar-refractivity contribution is -0.121. The van der Waals surface area contributed by atoms with E-state index in [9.17, 15) is 13.6 Å². The molecule has 0 fully saturated rings. The number of carbonyl (C=O) groups excluding carboxylic acids is 1. The van der Waals surface area contributed by atoms with Crippen LogP contribution in [0.4, 0.5) is 8.78 Å². The predicted octanol–water partition coefficient (Wildman–Crippen LogP) is 2.85. The summed E-state index contributed by atoms with van der Waals surface area (Å²) in [6, 6.07) is 4.67. The molecule has 0 saturated heterocycles. The van der Waals surface area contributed by atoms with E-state index in [0.717, 1.165) is 6.42 Å². The van der Waals surface area contributed by atoms with E-state index in [4.69, 9.17) is 10.5 Å². The Labute approximate surface area is 140 Å². The monoisotopic (exact) mass is 352 g/mol. The van der Waals surface area contributed by atoms with Crippen LogP contribution in [0.25, 0.3) is 0 Å². The Balaban J connectivity index is 0.00000484. The van der Waals surface area contributed by atoms with Crippen LogP contribution in [0.5, 0.6) is 11.5 Å². The van der Waals surface area contributed by atoms with E-state index in [1.807, 2.05) is 6.92 Å². The van der Waals surface area contributed by atoms with Gasteiger partial charge in [-0.05, 0) is 31.5 Å². The zero-order valence-corrected chi connectivity index (χ0v) is 13.8. The summed E-state index contributed by atoms with van der Waals surface area (Å²) in [5.74, 6) is 0.276. The molecule has 5 nitrogen and oxygen atoms in total. The molecule has 0 aliphatic carbocycles. The normalized spacial score (nSPS) is 10.1. The number of benzene rings is 1. The Morgan fingerprint density at radius 2 is 2.13 bits per heavy atom. The molecule has 0 aromatic heterocycles. The van der Waals surface area contributed by atoms with Crippen LogP contribution in [-0.2, 0) is 11.3 Å². The molecule has 0 saturated carbocycles. The molecular weight excluding hydrogens is 330 g/mol. The molecule has 1 aromatic rings. The molecule has 8 heteroatoms. The van der Waals surface area contributed by atoms with Crippen LogP contribution < -0.4 is 20.5 Å². The number of hydrogen-bond acceptors (Lipinski definition) is 4. The van der Waals surface area contributed by atoms with Crippen LogP contribution in [0.2, 0.25) is 0 Å². The van der Waals surface area contributed by atoms with Crippen molar-refractivity contribution in [3.05, 3.63) is 23.8 Å². The molecule has 0 spiro atoms. The molecule has 0 aliphatic rings. The maximum atomic E-state index is 12.5. The van der Waals surface area contributed by atoms with Gasteiger partial charge in [-0.15, -0.1) is 12.4 Å². The van der Waals surface area contributed by atoms with Crippen LogP contribution in [0.3, 0.4) is 0 Å². The molecular formula is C15H23ClF2N2O3. The van der Waals surface area contributed by atoms with Crippen molar-refractivity contribution in [2.45, 2.75) is 39.3 Å². The van der Waals surface area contributed by atoms with Crippen molar-refractivity contribution >= 4 is 18.3 Å². The lowest BCUT2D eigenvalue weighted by Crippen LogP contribution is -2.23. The van der Waals surface area contributed by atoms with Crippen molar-refractivity contribution in [2.75, 3.05) is 13.2 Å². The smallest absolute Gasteiger partial charge is 0.387 e. The molecule has 132 valence electrons. The fraction of sp³-hybridized carbons (Fsp3) is 0.533. The van der Waals surface area contributed by atoms with Crippen molar-refractivity contribution in [3.63, 3.8) is 0 Å². The van der Waals surface area contributed by atoms with Gasteiger partial charge in [-0.3, -0.25) is 4.79 Å². The predicted molar refractivity (Wildman–Crippen MR) is 86.2 cm³/mol. The third kappa shape index (κ3) is 8.56. The van der Waals surface area contributed by atoms with Crippen molar-refractivity contribution < 1.29 is 23.0 Å². The maximum Gasteiger partial charge on any atom is 0.387 e. The van der Waals surface area contributed by atoms with Crippen molar-refractivity contribution in [1.29, 1.82) is 0 Å². The summed E-state index contributed by atoms with van der Waals surface area (Å²) in [5.41, 5.74) is 5.79. The highest BCUT2D eigenvalue weighted by Crippen LogP contribution is 2.26. The fourth-order valence-electron chi connectivity index (χ4n) is 1.74. The molecule has 0 unspecified atom stereocenters. The molecule has 1 rings (SSSR count). The summed E-state index contributed by atoms with van der Waals surface area (Å²) in [6.07, 6.45) is 1.69. The second-order valence-corrected chi connectivity index (χ2v) is 4.67. The van der Waals surface area contributed by atoms with Crippen molar-refractivity contribution in [1.82, 2.24) is 5.32 Å². The number of hydrogen-bond donors (Lipinski definition) is 2. The highest BCUT2D eigenvalue weighted by molar-refractivity contribution is 5.85. The third-order valence-corrected chi connectivity index (χ3v) is 2.81. The number of ether oxygens (including phenoxy) is 2. The molecule has 0 atom stereocenters. The number of amides is 1. The molecule has 0 bridgehead atoms. The minimum Gasteiger partial charge on any atom is -0.493 e. The molecule has 1 amide bonds. The molecule has 1 aromatic carbocycles. The van der Waals surface area contributed by atoms with Crippen LogP contribution in [0.15, 0.2) is 18.2 Å². The lowest BCUT2D eigenvalue weighted by Gasteiger charge is -2.14. The van der Waals surface area contributed by atoms with Crippen LogP contribution in [0, 0.1) is 0 Å². The minimum absolute atomic E-state index is 0. The molecule has 3 N–H and O–H groups in total. The first-order chi connectivity index (χ1) is 10.6. The van der Waals surface area contributed by atoms with Gasteiger partial charge in [0.25, 0.3) is 0 Å². The van der Waals surface area contributed by atoms with E-state index < -0.39 is 6.61 Å². The van der Waals surface area contributed by atoms with Gasteiger partial charge in [0.05, 0.1) is 6.61 Å². The van der Waals surface area contributed by atoms with Gasteiger partial charge in [0.2, 0.25) is 5.91 Å². The van der Waals surface area contributed by atoms with E-state index in [0.29, 0.717) is 37.3 Å². The maximum absolute atomic E-state index is 12.5. The Morgan fingerprint density at radius 3 is 2.74 bits per heavy atom. The van der Waals surface area contributed by atoms with Gasteiger partial charge in [-0.2, -0.15) is 8.78 Å². The average Bonchev–Trinajstić information content (AvgIpc) is 2.49. The third-order valence-electron chi connectivity index (χ3n) is 2.81. The van der Waals surface area contributed by atoms with Gasteiger partial charge in [0.1, 0.15) is 11.5 Å². The first-order valence-electron chi connectivity index (χ1n) is 7.24. The van der Waals surface area contributed by atoms with Crippen molar-refractivity contribution in [2.24, 2.45) is 5.73 Å². The SMILES string of the molecule is CCCOc1ccc(CNC(=O)CCCN)c(OC(F)F)c1.Cl. The first-order valence-corrected chi connectivity index (χ1v) is 7.24. The summed E-state index contributed by atoms with van der Waals surface area (Å²) in [4.78, 5) is 11.5. The lowest BCUT2D eigenvalue weighted by atomic mass is 10.2. The quantitative estimate of drug-likeness (QED) is 0.679. The number of alkyl halides is 2. The Bertz CT molecular complexity index is 476. The minimum atomic E-state index is -2.94. The van der Waals surface area contributed by atoms with Gasteiger partial charge < -0.3 is 20.5 Å². The number of nitrogens with two attached hydrogens (primary N) is 1. The van der Waals surface area contributed by atoms with Crippen LogP contribution >= 0.6 is 12.4 Å². The Morgan fingerprint density at radius 1 is 1.39 bits per heavy atom. The largest absolute Gasteiger partial charge is 0.493 e. The number of halogens is 3. The van der Waals surface area contributed by atoms with Gasteiger partial charge in [0.15, 0.2) is 0 Å². The summed E-state index contributed by atoms with van der Waals surface area (Å²) < 4.78 is 34.9. The van der Waals surface area contributed by atoms with Gasteiger partial charge >= 0.3 is 6.61 Å². The molecule has 0 aliphatic heterocycles. The van der Waals surface area contributed by atoms with Crippen LogP contribution in [-0.4, -0.2) is 25.7 Å². The number of rotatable bonds is 10. The van der Waals surface area contributed by atoms with Gasteiger partial charge in [-0.25, -0.2) is 0 Å². The van der Waals surface area contributed by atoms with Crippen molar-refractivity contribution in [3.8, 4) is 11.5 Å². The van der Waals surface area contributed by atoms with Crippen LogP contribution in [0.1, 0.15) is 31.7 Å². The van der Waals surface area contributed by atoms with E-state index in [2.05, 4.69) is 10.1 Å². The molecule has 0 heterocycles. The van der Waals surface area contributed by atoms with Gasteiger partial charge in [0, 0.05) is 24.6 Å². The Hall–Kier alpha value is -1.60. The second-order valence-electron chi connectivity index (χ2n) is 4.67. The topological polar surface area (TPSA) is 73.6 Å². The van der Waals surface area contributed by atoms with E-state index in [1.165, 1.54) is 6.07 Å². The van der Waals surface area contributed by atoms with E-state index in [1.54, 1.807) is 12.1 Å². The molecule has 0 radical (unpaired) electrons. The number of carbonyl (C=O) groups is 1. The number of nitrogens with one attached hydrogen (secondary N) is 1. The zero-order valence-electron chi connectivity index (χ0n) is 13.0. The van der Waals surface area contributed by atoms with E-state index in [-0.39, 0.29) is 30.6 Å². The summed E-state index contributed by atoms with van der Waals surface area (Å²) in [6.45, 7) is 0.0365. The van der Waals surface area contributed by atoms with E-state index >= 15 is 0 Å². The molecule has 23 heavy (non-hydrogen) atoms. The Kier molecular flexibility index (Phi) is 11.1. The van der Waals surface area contributed by atoms with Gasteiger partial charge in [-0.1, -0.05) is 6.92 Å². The first kappa shape index (κ1) is 21.4. The highest BCUT2D eigenvalue weighted by Gasteiger charge is 2.12. The fourth-order valence-corrected chi connectivity index (χ4v) is 1.74. The summed E-state index contributed by atoms with van der Waals surface area (Å²) in [7, 11) is 0. The second kappa shape index (κ2) is 11.9. The summed E-state index contributed by atoms with van der Waals surface area (Å²) in [5, 5.41) is 2.65.